The number of hydrogen-bond acceptors (Lipinski definition) is 3. The molecule has 3 N–H and O–H groups in total. The molecule has 0 amide bonds. The predicted octanol–water partition coefficient (Wildman–Crippen LogP) is 3.67. The highest BCUT2D eigenvalue weighted by Crippen LogP contribution is 2.27. The number of rotatable bonds is 3. The van der Waals surface area contributed by atoms with E-state index in [4.69, 9.17) is 22.1 Å². The van der Waals surface area contributed by atoms with Crippen LogP contribution in [0.2, 0.25) is 5.02 Å². The van der Waals surface area contributed by atoms with Crippen molar-refractivity contribution in [2.75, 3.05) is 18.2 Å². The summed E-state index contributed by atoms with van der Waals surface area (Å²) in [7, 11) is 1.64. The Morgan fingerprint density at radius 2 is 1.82 bits per heavy atom. The molecule has 0 aromatic heterocycles. The van der Waals surface area contributed by atoms with E-state index in [1.54, 1.807) is 19.2 Å². The third-order valence-corrected chi connectivity index (χ3v) is 2.67. The number of nitrogens with one attached hydrogen (secondary N) is 1. The maximum atomic E-state index is 6.07. The van der Waals surface area contributed by atoms with E-state index in [-0.39, 0.29) is 0 Å². The first-order chi connectivity index (χ1) is 8.19. The van der Waals surface area contributed by atoms with Gasteiger partial charge in [-0.15, -0.1) is 0 Å². The molecule has 2 rings (SSSR count). The molecule has 0 bridgehead atoms. The zero-order chi connectivity index (χ0) is 12.3. The lowest BCUT2D eigenvalue weighted by atomic mass is 10.2. The summed E-state index contributed by atoms with van der Waals surface area (Å²) in [4.78, 5) is 0. The van der Waals surface area contributed by atoms with E-state index in [0.29, 0.717) is 10.7 Å². The molecule has 0 saturated heterocycles. The fraction of sp³-hybridized carbons (Fsp3) is 0.0769. The van der Waals surface area contributed by atoms with Crippen LogP contribution in [0.25, 0.3) is 0 Å². The van der Waals surface area contributed by atoms with Gasteiger partial charge in [0.2, 0.25) is 0 Å². The van der Waals surface area contributed by atoms with Crippen LogP contribution in [-0.2, 0) is 0 Å². The van der Waals surface area contributed by atoms with Crippen molar-refractivity contribution in [1.82, 2.24) is 0 Å². The van der Waals surface area contributed by atoms with Gasteiger partial charge in [-0.05, 0) is 42.5 Å². The molecule has 88 valence electrons. The molecule has 17 heavy (non-hydrogen) atoms. The number of nitrogen functional groups attached to an aromatic ring is 1. The first kappa shape index (κ1) is 11.6. The molecule has 0 aliphatic carbocycles. The van der Waals surface area contributed by atoms with E-state index in [0.717, 1.165) is 17.1 Å². The number of hydrogen-bond donors (Lipinski definition) is 2. The topological polar surface area (TPSA) is 47.3 Å². The summed E-state index contributed by atoms with van der Waals surface area (Å²) >= 11 is 6.07. The van der Waals surface area contributed by atoms with Crippen LogP contribution < -0.4 is 15.8 Å². The number of benzene rings is 2. The summed E-state index contributed by atoms with van der Waals surface area (Å²) in [6.07, 6.45) is 0. The predicted molar refractivity (Wildman–Crippen MR) is 72.1 cm³/mol. The molecule has 3 nitrogen and oxygen atoms in total. The number of methoxy groups -OCH3 is 1. The SMILES string of the molecule is COc1ccc(Nc2ccc(N)cc2Cl)cc1. The van der Waals surface area contributed by atoms with Gasteiger partial charge in [-0.3, -0.25) is 0 Å². The molecular weight excluding hydrogens is 236 g/mol. The average Bonchev–Trinajstić information content (AvgIpc) is 2.34. The minimum atomic E-state index is 0.598. The second kappa shape index (κ2) is 4.97. The van der Waals surface area contributed by atoms with Gasteiger partial charge in [-0.1, -0.05) is 11.6 Å². The van der Waals surface area contributed by atoms with Gasteiger partial charge >= 0.3 is 0 Å². The van der Waals surface area contributed by atoms with Crippen molar-refractivity contribution in [2.24, 2.45) is 0 Å². The van der Waals surface area contributed by atoms with E-state index < -0.39 is 0 Å². The van der Waals surface area contributed by atoms with Crippen LogP contribution in [0.4, 0.5) is 17.1 Å². The van der Waals surface area contributed by atoms with Crippen LogP contribution in [0.5, 0.6) is 5.75 Å². The van der Waals surface area contributed by atoms with Gasteiger partial charge in [0.1, 0.15) is 5.75 Å². The minimum absolute atomic E-state index is 0.598. The molecule has 0 aliphatic heterocycles. The molecule has 0 heterocycles. The Labute approximate surface area is 105 Å². The Hall–Kier alpha value is -1.87. The molecule has 0 radical (unpaired) electrons. The summed E-state index contributed by atoms with van der Waals surface area (Å²) in [5.74, 6) is 0.818. The molecule has 0 atom stereocenters. The lowest BCUT2D eigenvalue weighted by molar-refractivity contribution is 0.415. The normalized spacial score (nSPS) is 10.0. The van der Waals surface area contributed by atoms with Crippen molar-refractivity contribution >= 4 is 28.7 Å². The zero-order valence-electron chi connectivity index (χ0n) is 9.41. The van der Waals surface area contributed by atoms with Gasteiger partial charge < -0.3 is 15.8 Å². The summed E-state index contributed by atoms with van der Waals surface area (Å²) in [6, 6.07) is 13.0. The highest BCUT2D eigenvalue weighted by atomic mass is 35.5. The van der Waals surface area contributed by atoms with Crippen molar-refractivity contribution in [3.63, 3.8) is 0 Å². The van der Waals surface area contributed by atoms with Crippen LogP contribution >= 0.6 is 11.6 Å². The molecule has 0 aliphatic rings. The number of anilines is 3. The van der Waals surface area contributed by atoms with Crippen molar-refractivity contribution in [3.8, 4) is 5.75 Å². The second-order valence-corrected chi connectivity index (χ2v) is 4.00. The van der Waals surface area contributed by atoms with Crippen molar-refractivity contribution in [2.45, 2.75) is 0 Å². The van der Waals surface area contributed by atoms with Gasteiger partial charge in [0.25, 0.3) is 0 Å². The molecule has 0 fully saturated rings. The van der Waals surface area contributed by atoms with Crippen LogP contribution in [0.15, 0.2) is 42.5 Å². The van der Waals surface area contributed by atoms with Crippen molar-refractivity contribution in [1.29, 1.82) is 0 Å². The van der Waals surface area contributed by atoms with Crippen LogP contribution in [0.3, 0.4) is 0 Å². The third-order valence-electron chi connectivity index (χ3n) is 2.36. The lowest BCUT2D eigenvalue weighted by Gasteiger charge is -2.09. The summed E-state index contributed by atoms with van der Waals surface area (Å²) in [6.45, 7) is 0. The molecule has 0 saturated carbocycles. The first-order valence-electron chi connectivity index (χ1n) is 5.15. The molecule has 0 unspecified atom stereocenters. The van der Waals surface area contributed by atoms with Crippen LogP contribution in [-0.4, -0.2) is 7.11 Å². The van der Waals surface area contributed by atoms with Gasteiger partial charge in [0.15, 0.2) is 0 Å². The second-order valence-electron chi connectivity index (χ2n) is 3.59. The smallest absolute Gasteiger partial charge is 0.119 e. The number of nitrogens with two attached hydrogens (primary N) is 1. The zero-order valence-corrected chi connectivity index (χ0v) is 10.2. The Kier molecular flexibility index (Phi) is 3.40. The van der Waals surface area contributed by atoms with Crippen LogP contribution in [0.1, 0.15) is 0 Å². The maximum absolute atomic E-state index is 6.07. The summed E-state index contributed by atoms with van der Waals surface area (Å²) in [5.41, 5.74) is 8.05. The average molecular weight is 249 g/mol. The molecule has 4 heteroatoms. The molecular formula is C13H13ClN2O. The molecule has 2 aromatic carbocycles. The standard InChI is InChI=1S/C13H13ClN2O/c1-17-11-5-3-10(4-6-11)16-13-7-2-9(15)8-12(13)14/h2-8,16H,15H2,1H3. The third kappa shape index (κ3) is 2.82. The highest BCUT2D eigenvalue weighted by Gasteiger charge is 2.01. The monoisotopic (exact) mass is 248 g/mol. The Bertz CT molecular complexity index is 511. The minimum Gasteiger partial charge on any atom is -0.497 e. The number of halogens is 1. The first-order valence-corrected chi connectivity index (χ1v) is 5.53. The van der Waals surface area contributed by atoms with E-state index >= 15 is 0 Å². The van der Waals surface area contributed by atoms with E-state index in [2.05, 4.69) is 5.32 Å². The van der Waals surface area contributed by atoms with Gasteiger partial charge in [-0.2, -0.15) is 0 Å². The molecule has 2 aromatic rings. The fourth-order valence-electron chi connectivity index (χ4n) is 1.46. The molecule has 0 spiro atoms. The number of ether oxygens (including phenoxy) is 1. The largest absolute Gasteiger partial charge is 0.497 e. The summed E-state index contributed by atoms with van der Waals surface area (Å²) < 4.78 is 5.09. The van der Waals surface area contributed by atoms with E-state index in [1.165, 1.54) is 0 Å². The van der Waals surface area contributed by atoms with Crippen molar-refractivity contribution < 1.29 is 4.74 Å². The maximum Gasteiger partial charge on any atom is 0.119 e. The lowest BCUT2D eigenvalue weighted by Crippen LogP contribution is -1.93. The van der Waals surface area contributed by atoms with Gasteiger partial charge in [0, 0.05) is 11.4 Å². The Balaban J connectivity index is 2.19. The van der Waals surface area contributed by atoms with E-state index in [9.17, 15) is 0 Å². The Morgan fingerprint density at radius 3 is 2.41 bits per heavy atom. The quantitative estimate of drug-likeness (QED) is 0.815. The summed E-state index contributed by atoms with van der Waals surface area (Å²) in [5, 5.41) is 3.81. The highest BCUT2D eigenvalue weighted by molar-refractivity contribution is 6.33. The van der Waals surface area contributed by atoms with Gasteiger partial charge in [0.05, 0.1) is 17.8 Å². The van der Waals surface area contributed by atoms with E-state index in [1.807, 2.05) is 30.3 Å². The van der Waals surface area contributed by atoms with Gasteiger partial charge in [-0.25, -0.2) is 0 Å². The van der Waals surface area contributed by atoms with Crippen molar-refractivity contribution in [3.05, 3.63) is 47.5 Å². The fourth-order valence-corrected chi connectivity index (χ4v) is 1.70. The van der Waals surface area contributed by atoms with Crippen LogP contribution in [0, 0.1) is 0 Å². The Morgan fingerprint density at radius 1 is 1.12 bits per heavy atom.